The van der Waals surface area contributed by atoms with Gasteiger partial charge >= 0.3 is 4.87 Å². The van der Waals surface area contributed by atoms with E-state index in [1.165, 1.54) is 21.2 Å². The Morgan fingerprint density at radius 2 is 1.68 bits per heavy atom. The third-order valence-electron chi connectivity index (χ3n) is 7.02. The van der Waals surface area contributed by atoms with Crippen LogP contribution >= 0.6 is 50.6 Å². The molecule has 3 atom stereocenters. The van der Waals surface area contributed by atoms with E-state index in [-0.39, 0.29) is 29.1 Å². The predicted molar refractivity (Wildman–Crippen MR) is 149 cm³/mol. The lowest BCUT2D eigenvalue weighted by atomic mass is 9.83. The van der Waals surface area contributed by atoms with E-state index in [2.05, 4.69) is 15.9 Å². The van der Waals surface area contributed by atoms with Crippen molar-refractivity contribution in [3.05, 3.63) is 78.1 Å². The van der Waals surface area contributed by atoms with Crippen LogP contribution in [-0.2, 0) is 25.7 Å². The van der Waals surface area contributed by atoms with Crippen molar-refractivity contribution in [2.45, 2.75) is 22.7 Å². The second-order valence-electron chi connectivity index (χ2n) is 9.20. The van der Waals surface area contributed by atoms with Gasteiger partial charge in [-0.3, -0.25) is 23.7 Å². The number of amides is 3. The van der Waals surface area contributed by atoms with E-state index in [0.717, 1.165) is 21.4 Å². The summed E-state index contributed by atoms with van der Waals surface area (Å²) in [6.07, 6.45) is 0. The van der Waals surface area contributed by atoms with Crippen LogP contribution in [0.2, 0.25) is 5.02 Å². The van der Waals surface area contributed by atoms with Crippen LogP contribution in [0.5, 0.6) is 0 Å². The Hall–Kier alpha value is -2.44. The maximum Gasteiger partial charge on any atom is 0.308 e. The van der Waals surface area contributed by atoms with Crippen LogP contribution in [0.25, 0.3) is 0 Å². The zero-order chi connectivity index (χ0) is 26.6. The fourth-order valence-electron chi connectivity index (χ4n) is 5.18. The summed E-state index contributed by atoms with van der Waals surface area (Å²) < 4.78 is 7.64. The predicted octanol–water partition coefficient (Wildman–Crippen LogP) is 3.98. The van der Waals surface area contributed by atoms with Crippen LogP contribution in [0, 0.1) is 5.92 Å². The van der Waals surface area contributed by atoms with Crippen LogP contribution in [0.4, 0.5) is 5.69 Å². The molecule has 196 valence electrons. The molecule has 6 rings (SSSR count). The molecule has 1 aromatic heterocycles. The van der Waals surface area contributed by atoms with E-state index in [9.17, 15) is 19.2 Å². The van der Waals surface area contributed by atoms with Crippen molar-refractivity contribution in [2.75, 3.05) is 31.2 Å². The van der Waals surface area contributed by atoms with Gasteiger partial charge in [-0.15, -0.1) is 0 Å². The SMILES string of the molecule is O=C(Cn1c2c(sc1=O)[C@@H](c1ccc(Cl)cc1)[C@@H]1C(=O)N(c3ccc(Br)cc3)C(=O)[C@@H]1S2)N1CCOCC1. The van der Waals surface area contributed by atoms with Crippen LogP contribution in [0.15, 0.2) is 62.8 Å². The first-order valence-corrected chi connectivity index (χ1v) is 14.8. The summed E-state index contributed by atoms with van der Waals surface area (Å²) in [5.74, 6) is -2.04. The van der Waals surface area contributed by atoms with Crippen molar-refractivity contribution in [1.82, 2.24) is 9.47 Å². The van der Waals surface area contributed by atoms with Gasteiger partial charge in [-0.05, 0) is 42.0 Å². The number of anilines is 1. The lowest BCUT2D eigenvalue weighted by molar-refractivity contribution is -0.136. The van der Waals surface area contributed by atoms with Crippen molar-refractivity contribution in [3.63, 3.8) is 0 Å². The standard InChI is InChI=1S/C26H21BrClN3O5S2/c27-15-3-7-17(8-4-15)31-23(33)20-19(14-1-5-16(28)6-2-14)22-25(37-21(20)24(31)34)30(26(35)38-22)13-18(32)29-9-11-36-12-10-29/h1-8,19-21H,9-13H2/t19-,20-,21+/m0/s1. The summed E-state index contributed by atoms with van der Waals surface area (Å²) in [5.41, 5.74) is 1.29. The first kappa shape index (κ1) is 25.8. The average Bonchev–Trinajstić information content (AvgIpc) is 3.36. The summed E-state index contributed by atoms with van der Waals surface area (Å²) in [7, 11) is 0. The number of rotatable bonds is 4. The number of thiazole rings is 1. The normalized spacial score (nSPS) is 22.9. The van der Waals surface area contributed by atoms with E-state index in [1.807, 2.05) is 12.1 Å². The molecule has 0 unspecified atom stereocenters. The Morgan fingerprint density at radius 3 is 2.37 bits per heavy atom. The Labute approximate surface area is 239 Å². The molecule has 3 aliphatic heterocycles. The number of nitrogens with zero attached hydrogens (tertiary/aromatic N) is 3. The van der Waals surface area contributed by atoms with E-state index >= 15 is 0 Å². The molecule has 4 heterocycles. The van der Waals surface area contributed by atoms with Crippen LogP contribution in [-0.4, -0.2) is 58.7 Å². The molecule has 2 fully saturated rings. The molecular formula is C26H21BrClN3O5S2. The highest BCUT2D eigenvalue weighted by atomic mass is 79.9. The fourth-order valence-corrected chi connectivity index (χ4v) is 8.34. The zero-order valence-corrected chi connectivity index (χ0v) is 23.8. The molecule has 0 bridgehead atoms. The lowest BCUT2D eigenvalue weighted by Crippen LogP contribution is -2.43. The number of benzene rings is 2. The molecule has 0 radical (unpaired) electrons. The summed E-state index contributed by atoms with van der Waals surface area (Å²) in [6.45, 7) is 1.74. The van der Waals surface area contributed by atoms with Crippen LogP contribution < -0.4 is 9.77 Å². The van der Waals surface area contributed by atoms with Crippen LogP contribution in [0.3, 0.4) is 0 Å². The Bertz CT molecular complexity index is 1480. The third-order valence-corrected chi connectivity index (χ3v) is 10.4. The van der Waals surface area contributed by atoms with Gasteiger partial charge in [-0.1, -0.05) is 62.8 Å². The molecular weight excluding hydrogens is 614 g/mol. The smallest absolute Gasteiger partial charge is 0.308 e. The third kappa shape index (κ3) is 4.44. The number of imide groups is 1. The maximum atomic E-state index is 13.9. The number of hydrogen-bond acceptors (Lipinski definition) is 7. The molecule has 0 spiro atoms. The number of morpholine rings is 1. The van der Waals surface area contributed by atoms with Gasteiger partial charge in [-0.2, -0.15) is 0 Å². The second kappa shape index (κ2) is 10.3. The molecule has 38 heavy (non-hydrogen) atoms. The number of carbonyl (C=O) groups is 3. The molecule has 2 saturated heterocycles. The first-order chi connectivity index (χ1) is 18.3. The highest BCUT2D eigenvalue weighted by Gasteiger charge is 2.56. The van der Waals surface area contributed by atoms with E-state index < -0.39 is 17.1 Å². The number of fused-ring (bicyclic) bond motifs is 2. The fraction of sp³-hybridized carbons (Fsp3) is 0.308. The number of aromatic nitrogens is 1. The van der Waals surface area contributed by atoms with E-state index in [0.29, 0.717) is 46.9 Å². The van der Waals surface area contributed by atoms with Crippen molar-refractivity contribution >= 4 is 74.0 Å². The quantitative estimate of drug-likeness (QED) is 0.404. The van der Waals surface area contributed by atoms with Crippen molar-refractivity contribution in [2.24, 2.45) is 5.92 Å². The maximum absolute atomic E-state index is 13.9. The molecule has 0 aliphatic carbocycles. The Morgan fingerprint density at radius 1 is 1.00 bits per heavy atom. The van der Waals surface area contributed by atoms with E-state index in [4.69, 9.17) is 16.3 Å². The number of hydrogen-bond donors (Lipinski definition) is 0. The molecule has 0 N–H and O–H groups in total. The molecule has 3 amide bonds. The number of thioether (sulfide) groups is 1. The molecule has 3 aromatic rings. The lowest BCUT2D eigenvalue weighted by Gasteiger charge is -2.31. The molecule has 0 saturated carbocycles. The average molecular weight is 635 g/mol. The number of halogens is 2. The van der Waals surface area contributed by atoms with Crippen molar-refractivity contribution in [3.8, 4) is 0 Å². The summed E-state index contributed by atoms with van der Waals surface area (Å²) >= 11 is 11.8. The van der Waals surface area contributed by atoms with E-state index in [1.54, 1.807) is 41.3 Å². The van der Waals surface area contributed by atoms with Crippen molar-refractivity contribution in [1.29, 1.82) is 0 Å². The van der Waals surface area contributed by atoms with Crippen LogP contribution in [0.1, 0.15) is 16.4 Å². The van der Waals surface area contributed by atoms with Gasteiger partial charge in [0.05, 0.1) is 29.8 Å². The van der Waals surface area contributed by atoms with Gasteiger partial charge < -0.3 is 9.64 Å². The minimum absolute atomic E-state index is 0.124. The largest absolute Gasteiger partial charge is 0.378 e. The number of ether oxygens (including phenoxy) is 1. The zero-order valence-electron chi connectivity index (χ0n) is 19.8. The topological polar surface area (TPSA) is 88.9 Å². The summed E-state index contributed by atoms with van der Waals surface area (Å²) in [5, 5.41) is 0.377. The minimum atomic E-state index is -0.738. The van der Waals surface area contributed by atoms with Crippen molar-refractivity contribution < 1.29 is 19.1 Å². The minimum Gasteiger partial charge on any atom is -0.378 e. The molecule has 2 aromatic carbocycles. The summed E-state index contributed by atoms with van der Waals surface area (Å²) in [4.78, 5) is 57.2. The molecule has 12 heteroatoms. The second-order valence-corrected chi connectivity index (χ2v) is 12.7. The van der Waals surface area contributed by atoms with Gasteiger partial charge in [0.2, 0.25) is 17.7 Å². The summed E-state index contributed by atoms with van der Waals surface area (Å²) in [6, 6.07) is 14.2. The molecule has 3 aliphatic rings. The van der Waals surface area contributed by atoms with Gasteiger partial charge in [0, 0.05) is 33.4 Å². The Balaban J connectivity index is 1.43. The van der Waals surface area contributed by atoms with Gasteiger partial charge in [0.25, 0.3) is 0 Å². The monoisotopic (exact) mass is 633 g/mol. The van der Waals surface area contributed by atoms with Gasteiger partial charge in [0.15, 0.2) is 0 Å². The Kier molecular flexibility index (Phi) is 6.98. The highest BCUT2D eigenvalue weighted by molar-refractivity contribution is 9.10. The van der Waals surface area contributed by atoms with Gasteiger partial charge in [0.1, 0.15) is 11.8 Å². The first-order valence-electron chi connectivity index (χ1n) is 12.0. The highest BCUT2D eigenvalue weighted by Crippen LogP contribution is 2.54. The number of carbonyl (C=O) groups excluding carboxylic acids is 3. The molecule has 8 nitrogen and oxygen atoms in total. The van der Waals surface area contributed by atoms with Gasteiger partial charge in [-0.25, -0.2) is 4.90 Å².